The predicted octanol–water partition coefficient (Wildman–Crippen LogP) is 2.11. The number of anilines is 2. The van der Waals surface area contributed by atoms with Gasteiger partial charge in [0.05, 0.1) is 19.3 Å². The van der Waals surface area contributed by atoms with Crippen molar-refractivity contribution >= 4 is 17.6 Å². The van der Waals surface area contributed by atoms with Crippen molar-refractivity contribution in [2.24, 2.45) is 7.05 Å². The van der Waals surface area contributed by atoms with Crippen LogP contribution < -0.4 is 16.4 Å². The molecule has 0 saturated heterocycles. The highest BCUT2D eigenvalue weighted by molar-refractivity contribution is 5.69. The van der Waals surface area contributed by atoms with Crippen LogP contribution in [0.15, 0.2) is 52.2 Å². The summed E-state index contributed by atoms with van der Waals surface area (Å²) in [7, 11) is 2.97. The van der Waals surface area contributed by atoms with Gasteiger partial charge in [-0.1, -0.05) is 17.7 Å². The van der Waals surface area contributed by atoms with E-state index in [9.17, 15) is 14.4 Å². The number of ether oxygens (including phenoxy) is 1. The molecule has 31 heavy (non-hydrogen) atoms. The molecule has 1 aromatic carbocycles. The van der Waals surface area contributed by atoms with Gasteiger partial charge in [0.2, 0.25) is 0 Å². The maximum absolute atomic E-state index is 13.2. The van der Waals surface area contributed by atoms with Gasteiger partial charge in [0, 0.05) is 30.9 Å². The van der Waals surface area contributed by atoms with Gasteiger partial charge in [-0.15, -0.1) is 5.10 Å². The number of carbonyl (C=O) groups excluding carboxylic acids is 1. The summed E-state index contributed by atoms with van der Waals surface area (Å²) in [4.78, 5) is 39.4. The highest BCUT2D eigenvalue weighted by Crippen LogP contribution is 2.25. The van der Waals surface area contributed by atoms with Gasteiger partial charge in [-0.05, 0) is 37.6 Å². The molecular formula is C22H23N5O4. The molecule has 3 aromatic rings. The lowest BCUT2D eigenvalue weighted by atomic mass is 10.0. The fourth-order valence-electron chi connectivity index (χ4n) is 3.62. The van der Waals surface area contributed by atoms with Crippen molar-refractivity contribution in [1.82, 2.24) is 19.2 Å². The number of aryl methyl sites for hydroxylation is 2. The smallest absolute Gasteiger partial charge is 0.409 e. The number of fused-ring (bicyclic) bond motifs is 1. The summed E-state index contributed by atoms with van der Waals surface area (Å²) in [5.41, 5.74) is 2.68. The van der Waals surface area contributed by atoms with Crippen LogP contribution in [0.4, 0.5) is 16.3 Å². The molecule has 1 aliphatic heterocycles. The highest BCUT2D eigenvalue weighted by Gasteiger charge is 2.28. The molecule has 0 radical (unpaired) electrons. The Bertz CT molecular complexity index is 1260. The maximum atomic E-state index is 13.2. The predicted molar refractivity (Wildman–Crippen MR) is 116 cm³/mol. The third kappa shape index (κ3) is 3.81. The molecular weight excluding hydrogens is 398 g/mol. The van der Waals surface area contributed by atoms with Crippen LogP contribution in [0.25, 0.3) is 5.69 Å². The van der Waals surface area contributed by atoms with E-state index in [2.05, 4.69) is 10.4 Å². The summed E-state index contributed by atoms with van der Waals surface area (Å²) in [6.07, 6.45) is 1.54. The molecule has 0 unspecified atom stereocenters. The van der Waals surface area contributed by atoms with E-state index in [1.165, 1.54) is 21.3 Å². The molecule has 4 rings (SSSR count). The number of rotatable bonds is 3. The number of methoxy groups -OCH3 is 1. The monoisotopic (exact) mass is 421 g/mol. The van der Waals surface area contributed by atoms with Crippen molar-refractivity contribution in [1.29, 1.82) is 0 Å². The summed E-state index contributed by atoms with van der Waals surface area (Å²) in [5, 5.41) is 7.62. The Morgan fingerprint density at radius 3 is 2.55 bits per heavy atom. The van der Waals surface area contributed by atoms with E-state index in [-0.39, 0.29) is 17.7 Å². The van der Waals surface area contributed by atoms with Crippen molar-refractivity contribution < 1.29 is 9.53 Å². The Hall–Kier alpha value is -3.88. The first kappa shape index (κ1) is 20.4. The van der Waals surface area contributed by atoms with Gasteiger partial charge in [0.25, 0.3) is 11.1 Å². The number of nitrogens with zero attached hydrogens (tertiary/aromatic N) is 4. The Morgan fingerprint density at radius 2 is 1.84 bits per heavy atom. The number of aromatic nitrogens is 3. The van der Waals surface area contributed by atoms with Gasteiger partial charge in [-0.25, -0.2) is 4.79 Å². The van der Waals surface area contributed by atoms with Gasteiger partial charge in [0.15, 0.2) is 5.82 Å². The zero-order valence-electron chi connectivity index (χ0n) is 17.6. The minimum Gasteiger partial charge on any atom is -0.453 e. The average molecular weight is 421 g/mol. The summed E-state index contributed by atoms with van der Waals surface area (Å²) in [5.74, 6) is 0.354. The van der Waals surface area contributed by atoms with Crippen LogP contribution in [0.3, 0.4) is 0 Å². The third-order valence-corrected chi connectivity index (χ3v) is 5.37. The zero-order valence-corrected chi connectivity index (χ0v) is 17.6. The minimum absolute atomic E-state index is 0.161. The standard InChI is InChI=1S/C22H23N5O4/c1-14-6-8-15(9-7-14)27-20(28)16-10-12-26(22(30)31-3)13-17(16)19(24-27)23-18-5-4-11-25(2)21(18)29/h4-9,11H,10,12-13H2,1-3H3,(H,23,24). The lowest BCUT2D eigenvalue weighted by molar-refractivity contribution is 0.118. The molecule has 0 spiro atoms. The average Bonchev–Trinajstić information content (AvgIpc) is 2.78. The molecule has 0 atom stereocenters. The van der Waals surface area contributed by atoms with Crippen molar-refractivity contribution in [3.05, 3.63) is 80.0 Å². The number of benzene rings is 1. The third-order valence-electron chi connectivity index (χ3n) is 5.37. The van der Waals surface area contributed by atoms with Crippen LogP contribution in [0.5, 0.6) is 0 Å². The second-order valence-corrected chi connectivity index (χ2v) is 7.46. The summed E-state index contributed by atoms with van der Waals surface area (Å²) >= 11 is 0. The second-order valence-electron chi connectivity index (χ2n) is 7.46. The second kappa shape index (κ2) is 8.10. The van der Waals surface area contributed by atoms with E-state index in [1.54, 1.807) is 25.4 Å². The van der Waals surface area contributed by atoms with E-state index in [4.69, 9.17) is 4.74 Å². The lowest BCUT2D eigenvalue weighted by Crippen LogP contribution is -2.40. The fraction of sp³-hybridized carbons (Fsp3) is 0.273. The Labute approximate surface area is 178 Å². The summed E-state index contributed by atoms with van der Waals surface area (Å²) in [6.45, 7) is 2.49. The largest absolute Gasteiger partial charge is 0.453 e. The number of hydrogen-bond donors (Lipinski definition) is 1. The summed E-state index contributed by atoms with van der Waals surface area (Å²) in [6, 6.07) is 10.9. The molecule has 0 saturated carbocycles. The molecule has 1 N–H and O–H groups in total. The van der Waals surface area contributed by atoms with Crippen molar-refractivity contribution in [2.45, 2.75) is 19.9 Å². The van der Waals surface area contributed by atoms with E-state index in [0.717, 1.165) is 5.56 Å². The van der Waals surface area contributed by atoms with Crippen LogP contribution in [0, 0.1) is 6.92 Å². The maximum Gasteiger partial charge on any atom is 0.409 e. The van der Waals surface area contributed by atoms with E-state index in [1.807, 2.05) is 31.2 Å². The van der Waals surface area contributed by atoms with Gasteiger partial charge in [-0.2, -0.15) is 4.68 Å². The number of nitrogens with one attached hydrogen (secondary N) is 1. The summed E-state index contributed by atoms with van der Waals surface area (Å²) < 4.78 is 7.63. The Kier molecular flexibility index (Phi) is 5.33. The van der Waals surface area contributed by atoms with Gasteiger partial charge >= 0.3 is 6.09 Å². The lowest BCUT2D eigenvalue weighted by Gasteiger charge is -2.29. The van der Waals surface area contributed by atoms with Crippen LogP contribution in [-0.4, -0.2) is 39.0 Å². The first-order chi connectivity index (χ1) is 14.9. The first-order valence-electron chi connectivity index (χ1n) is 9.86. The normalized spacial score (nSPS) is 12.9. The molecule has 0 aliphatic carbocycles. The topological polar surface area (TPSA) is 98.5 Å². The first-order valence-corrected chi connectivity index (χ1v) is 9.86. The SMILES string of the molecule is COC(=O)N1CCc2c(c(Nc3cccn(C)c3=O)nn(-c3ccc(C)cc3)c2=O)C1. The number of hydrogen-bond acceptors (Lipinski definition) is 6. The van der Waals surface area contributed by atoms with Crippen LogP contribution >= 0.6 is 0 Å². The number of amides is 1. The molecule has 160 valence electrons. The molecule has 1 aliphatic rings. The fourth-order valence-corrected chi connectivity index (χ4v) is 3.62. The number of carbonyl (C=O) groups is 1. The number of pyridine rings is 1. The van der Waals surface area contributed by atoms with Crippen molar-refractivity contribution in [3.8, 4) is 5.69 Å². The van der Waals surface area contributed by atoms with Crippen LogP contribution in [0.2, 0.25) is 0 Å². The molecule has 1 amide bonds. The quantitative estimate of drug-likeness (QED) is 0.696. The molecule has 9 heteroatoms. The van der Waals surface area contributed by atoms with E-state index < -0.39 is 6.09 Å². The Balaban J connectivity index is 1.88. The van der Waals surface area contributed by atoms with E-state index >= 15 is 0 Å². The van der Waals surface area contributed by atoms with Crippen LogP contribution in [-0.2, 0) is 24.8 Å². The van der Waals surface area contributed by atoms with Crippen LogP contribution in [0.1, 0.15) is 16.7 Å². The van der Waals surface area contributed by atoms with Gasteiger partial charge < -0.3 is 19.5 Å². The van der Waals surface area contributed by atoms with E-state index in [0.29, 0.717) is 41.3 Å². The van der Waals surface area contributed by atoms with Gasteiger partial charge in [-0.3, -0.25) is 9.59 Å². The zero-order chi connectivity index (χ0) is 22.1. The minimum atomic E-state index is -0.477. The molecule has 2 aromatic heterocycles. The highest BCUT2D eigenvalue weighted by atomic mass is 16.5. The molecule has 3 heterocycles. The van der Waals surface area contributed by atoms with Crippen molar-refractivity contribution in [2.75, 3.05) is 19.0 Å². The molecule has 9 nitrogen and oxygen atoms in total. The molecule has 0 fully saturated rings. The Morgan fingerprint density at radius 1 is 1.10 bits per heavy atom. The van der Waals surface area contributed by atoms with Crippen molar-refractivity contribution in [3.63, 3.8) is 0 Å². The molecule has 0 bridgehead atoms. The van der Waals surface area contributed by atoms with Gasteiger partial charge in [0.1, 0.15) is 5.69 Å².